The summed E-state index contributed by atoms with van der Waals surface area (Å²) < 4.78 is 5.55. The number of hydrogen-bond acceptors (Lipinski definition) is 3. The molecule has 0 radical (unpaired) electrons. The van der Waals surface area contributed by atoms with E-state index in [0.29, 0.717) is 6.04 Å². The van der Waals surface area contributed by atoms with Gasteiger partial charge in [0.1, 0.15) is 5.75 Å². The van der Waals surface area contributed by atoms with E-state index < -0.39 is 0 Å². The molecular weight excluding hydrogens is 248 g/mol. The summed E-state index contributed by atoms with van der Waals surface area (Å²) in [7, 11) is 5.94. The van der Waals surface area contributed by atoms with Gasteiger partial charge >= 0.3 is 0 Å². The van der Waals surface area contributed by atoms with E-state index in [-0.39, 0.29) is 0 Å². The number of benzene rings is 1. The minimum Gasteiger partial charge on any atom is -0.496 e. The quantitative estimate of drug-likeness (QED) is 0.863. The van der Waals surface area contributed by atoms with Gasteiger partial charge in [-0.1, -0.05) is 31.4 Å². The summed E-state index contributed by atoms with van der Waals surface area (Å²) in [5.41, 5.74) is 2.56. The minimum absolute atomic E-state index is 0.690. The lowest BCUT2D eigenvalue weighted by Gasteiger charge is -2.23. The molecule has 1 fully saturated rings. The van der Waals surface area contributed by atoms with Crippen molar-refractivity contribution in [3.05, 3.63) is 29.3 Å². The first-order chi connectivity index (χ1) is 9.69. The van der Waals surface area contributed by atoms with Crippen molar-refractivity contribution in [1.82, 2.24) is 10.2 Å². The van der Waals surface area contributed by atoms with Crippen LogP contribution in [0.2, 0.25) is 0 Å². The van der Waals surface area contributed by atoms with Crippen LogP contribution in [0.5, 0.6) is 5.75 Å². The third-order valence-corrected chi connectivity index (χ3v) is 4.04. The minimum atomic E-state index is 0.690. The Morgan fingerprint density at radius 3 is 2.60 bits per heavy atom. The molecule has 0 bridgehead atoms. The molecule has 112 valence electrons. The maximum atomic E-state index is 5.55. The molecule has 1 saturated carbocycles. The summed E-state index contributed by atoms with van der Waals surface area (Å²) in [5, 5.41) is 3.68. The fraction of sp³-hybridized carbons (Fsp3) is 0.647. The molecule has 0 amide bonds. The van der Waals surface area contributed by atoms with Gasteiger partial charge in [0.25, 0.3) is 0 Å². The number of rotatable bonds is 6. The maximum Gasteiger partial charge on any atom is 0.123 e. The standard InChI is InChI=1S/C17H28N2O/c1-19(2)13-14-9-10-15(17(11-14)20-3)12-18-16-7-5-4-6-8-16/h9-11,16,18H,4-8,12-13H2,1-3H3. The predicted octanol–water partition coefficient (Wildman–Crippen LogP) is 3.18. The van der Waals surface area contributed by atoms with Crippen LogP contribution >= 0.6 is 0 Å². The largest absolute Gasteiger partial charge is 0.496 e. The van der Waals surface area contributed by atoms with Crippen molar-refractivity contribution in [3.8, 4) is 5.75 Å². The van der Waals surface area contributed by atoms with Gasteiger partial charge in [-0.2, -0.15) is 0 Å². The van der Waals surface area contributed by atoms with E-state index in [1.54, 1.807) is 7.11 Å². The molecule has 3 nitrogen and oxygen atoms in total. The summed E-state index contributed by atoms with van der Waals surface area (Å²) in [5.74, 6) is 1.01. The van der Waals surface area contributed by atoms with Gasteiger partial charge in [-0.3, -0.25) is 0 Å². The smallest absolute Gasteiger partial charge is 0.123 e. The Labute approximate surface area is 123 Å². The van der Waals surface area contributed by atoms with Crippen LogP contribution < -0.4 is 10.1 Å². The lowest BCUT2D eigenvalue weighted by molar-refractivity contribution is 0.364. The van der Waals surface area contributed by atoms with E-state index in [0.717, 1.165) is 18.8 Å². The number of hydrogen-bond donors (Lipinski definition) is 1. The van der Waals surface area contributed by atoms with Crippen molar-refractivity contribution in [2.24, 2.45) is 0 Å². The second-order valence-corrected chi connectivity index (χ2v) is 6.10. The SMILES string of the molecule is COc1cc(CN(C)C)ccc1CNC1CCCCC1. The highest BCUT2D eigenvalue weighted by molar-refractivity contribution is 5.37. The number of nitrogens with one attached hydrogen (secondary N) is 1. The molecule has 0 unspecified atom stereocenters. The fourth-order valence-corrected chi connectivity index (χ4v) is 2.96. The molecule has 0 spiro atoms. The number of nitrogens with zero attached hydrogens (tertiary/aromatic N) is 1. The van der Waals surface area contributed by atoms with Crippen molar-refractivity contribution in [3.63, 3.8) is 0 Å². The van der Waals surface area contributed by atoms with Crippen LogP contribution in [-0.2, 0) is 13.1 Å². The maximum absolute atomic E-state index is 5.55. The van der Waals surface area contributed by atoms with E-state index in [1.807, 2.05) is 0 Å². The second kappa shape index (κ2) is 7.65. The van der Waals surface area contributed by atoms with Crippen LogP contribution in [0.1, 0.15) is 43.2 Å². The molecule has 0 atom stereocenters. The van der Waals surface area contributed by atoms with Gasteiger partial charge in [-0.25, -0.2) is 0 Å². The van der Waals surface area contributed by atoms with Crippen molar-refractivity contribution >= 4 is 0 Å². The first-order valence-electron chi connectivity index (χ1n) is 7.73. The normalized spacial score (nSPS) is 16.6. The summed E-state index contributed by atoms with van der Waals surface area (Å²) in [6, 6.07) is 7.26. The van der Waals surface area contributed by atoms with E-state index in [2.05, 4.69) is 42.5 Å². The van der Waals surface area contributed by atoms with Crippen LogP contribution in [0.15, 0.2) is 18.2 Å². The molecule has 20 heavy (non-hydrogen) atoms. The predicted molar refractivity (Wildman–Crippen MR) is 84.1 cm³/mol. The van der Waals surface area contributed by atoms with Gasteiger partial charge < -0.3 is 15.0 Å². The zero-order chi connectivity index (χ0) is 14.4. The van der Waals surface area contributed by atoms with Gasteiger partial charge in [0.2, 0.25) is 0 Å². The Kier molecular flexibility index (Phi) is 5.86. The molecule has 2 rings (SSSR count). The molecule has 1 aliphatic carbocycles. The highest BCUT2D eigenvalue weighted by Gasteiger charge is 2.13. The van der Waals surface area contributed by atoms with E-state index >= 15 is 0 Å². The van der Waals surface area contributed by atoms with Gasteiger partial charge in [0.15, 0.2) is 0 Å². The molecule has 0 saturated heterocycles. The van der Waals surface area contributed by atoms with E-state index in [9.17, 15) is 0 Å². The average Bonchev–Trinajstić information content (AvgIpc) is 2.46. The third kappa shape index (κ3) is 4.50. The van der Waals surface area contributed by atoms with Gasteiger partial charge in [0.05, 0.1) is 7.11 Å². The van der Waals surface area contributed by atoms with E-state index in [1.165, 1.54) is 43.2 Å². The van der Waals surface area contributed by atoms with Crippen LogP contribution in [0.3, 0.4) is 0 Å². The molecule has 1 aliphatic rings. The first-order valence-corrected chi connectivity index (χ1v) is 7.73. The second-order valence-electron chi connectivity index (χ2n) is 6.10. The Balaban J connectivity index is 1.95. The fourth-order valence-electron chi connectivity index (χ4n) is 2.96. The molecule has 1 aromatic carbocycles. The molecule has 1 N–H and O–H groups in total. The summed E-state index contributed by atoms with van der Waals surface area (Å²) in [6.07, 6.45) is 6.79. The lowest BCUT2D eigenvalue weighted by Crippen LogP contribution is -2.30. The number of methoxy groups -OCH3 is 1. The average molecular weight is 276 g/mol. The Hall–Kier alpha value is -1.06. The highest BCUT2D eigenvalue weighted by atomic mass is 16.5. The Morgan fingerprint density at radius 2 is 1.95 bits per heavy atom. The summed E-state index contributed by atoms with van der Waals surface area (Å²) in [4.78, 5) is 2.18. The Bertz CT molecular complexity index is 411. The van der Waals surface area contributed by atoms with Crippen LogP contribution in [0.4, 0.5) is 0 Å². The van der Waals surface area contributed by atoms with Crippen molar-refractivity contribution in [2.45, 2.75) is 51.2 Å². The van der Waals surface area contributed by atoms with Crippen LogP contribution in [-0.4, -0.2) is 32.1 Å². The highest BCUT2D eigenvalue weighted by Crippen LogP contribution is 2.22. The van der Waals surface area contributed by atoms with Crippen LogP contribution in [0, 0.1) is 0 Å². The first kappa shape index (κ1) is 15.3. The number of ether oxygens (including phenoxy) is 1. The molecule has 1 aromatic rings. The zero-order valence-electron chi connectivity index (χ0n) is 13.1. The molecule has 0 aromatic heterocycles. The molecule has 0 heterocycles. The van der Waals surface area contributed by atoms with Gasteiger partial charge in [-0.15, -0.1) is 0 Å². The zero-order valence-corrected chi connectivity index (χ0v) is 13.1. The third-order valence-electron chi connectivity index (χ3n) is 4.04. The lowest BCUT2D eigenvalue weighted by atomic mass is 9.95. The summed E-state index contributed by atoms with van der Waals surface area (Å²) >= 11 is 0. The molecular formula is C17H28N2O. The summed E-state index contributed by atoms with van der Waals surface area (Å²) in [6.45, 7) is 1.86. The van der Waals surface area contributed by atoms with Crippen molar-refractivity contribution < 1.29 is 4.74 Å². The van der Waals surface area contributed by atoms with Crippen molar-refractivity contribution in [2.75, 3.05) is 21.2 Å². The van der Waals surface area contributed by atoms with Crippen molar-refractivity contribution in [1.29, 1.82) is 0 Å². The topological polar surface area (TPSA) is 24.5 Å². The van der Waals surface area contributed by atoms with Gasteiger partial charge in [-0.05, 0) is 38.6 Å². The van der Waals surface area contributed by atoms with E-state index in [4.69, 9.17) is 4.74 Å². The Morgan fingerprint density at radius 1 is 1.20 bits per heavy atom. The van der Waals surface area contributed by atoms with Crippen LogP contribution in [0.25, 0.3) is 0 Å². The van der Waals surface area contributed by atoms with Gasteiger partial charge in [0, 0.05) is 24.7 Å². The molecule has 3 heteroatoms. The monoisotopic (exact) mass is 276 g/mol. The molecule has 0 aliphatic heterocycles.